The number of tetrazole rings is 1. The summed E-state index contributed by atoms with van der Waals surface area (Å²) in [5.74, 6) is -0.170. The molecule has 0 aliphatic carbocycles. The van der Waals surface area contributed by atoms with Gasteiger partial charge in [-0.05, 0) is 61.4 Å². The number of nitrogens with one attached hydrogen (secondary N) is 1. The number of ether oxygens (including phenoxy) is 2. The van der Waals surface area contributed by atoms with Crippen molar-refractivity contribution in [3.8, 4) is 5.75 Å². The SMILES string of the molecule is CC(C(=O)O)n1nnnc1[C@H](Cc1ccc(OC(C)(C)C)cc1)NC(=O)OCc1ccccc1. The van der Waals surface area contributed by atoms with E-state index in [0.29, 0.717) is 12.2 Å². The number of rotatable bonds is 9. The van der Waals surface area contributed by atoms with E-state index in [9.17, 15) is 14.7 Å². The molecule has 3 aromatic rings. The molecule has 0 saturated carbocycles. The first-order chi connectivity index (χ1) is 16.1. The third-order valence-corrected chi connectivity index (χ3v) is 4.85. The summed E-state index contributed by atoms with van der Waals surface area (Å²) >= 11 is 0. The second-order valence-electron chi connectivity index (χ2n) is 8.82. The minimum atomic E-state index is -1.09. The maximum absolute atomic E-state index is 12.6. The van der Waals surface area contributed by atoms with Gasteiger partial charge in [-0.3, -0.25) is 0 Å². The zero-order chi connectivity index (χ0) is 24.7. The van der Waals surface area contributed by atoms with Gasteiger partial charge >= 0.3 is 12.1 Å². The van der Waals surface area contributed by atoms with Gasteiger partial charge in [0.2, 0.25) is 0 Å². The minimum absolute atomic E-state index is 0.0920. The lowest BCUT2D eigenvalue weighted by Crippen LogP contribution is -2.34. The van der Waals surface area contributed by atoms with E-state index in [1.54, 1.807) is 0 Å². The summed E-state index contributed by atoms with van der Waals surface area (Å²) in [7, 11) is 0. The zero-order valence-corrected chi connectivity index (χ0v) is 19.6. The Hall–Kier alpha value is -3.95. The summed E-state index contributed by atoms with van der Waals surface area (Å²) in [5, 5.41) is 23.6. The van der Waals surface area contributed by atoms with Crippen molar-refractivity contribution in [2.24, 2.45) is 0 Å². The van der Waals surface area contributed by atoms with Crippen molar-refractivity contribution in [1.29, 1.82) is 0 Å². The van der Waals surface area contributed by atoms with Gasteiger partial charge in [-0.25, -0.2) is 14.3 Å². The third kappa shape index (κ3) is 7.03. The van der Waals surface area contributed by atoms with Gasteiger partial charge in [0.05, 0.1) is 6.04 Å². The monoisotopic (exact) mass is 467 g/mol. The molecule has 2 N–H and O–H groups in total. The lowest BCUT2D eigenvalue weighted by molar-refractivity contribution is -0.140. The molecule has 1 heterocycles. The minimum Gasteiger partial charge on any atom is -0.488 e. The van der Waals surface area contributed by atoms with Gasteiger partial charge < -0.3 is 19.9 Å². The summed E-state index contributed by atoms with van der Waals surface area (Å²) in [5.41, 5.74) is 1.38. The van der Waals surface area contributed by atoms with Gasteiger partial charge in [-0.1, -0.05) is 42.5 Å². The summed E-state index contributed by atoms with van der Waals surface area (Å²) in [4.78, 5) is 24.1. The van der Waals surface area contributed by atoms with Crippen LogP contribution in [0.4, 0.5) is 4.79 Å². The molecule has 1 aromatic heterocycles. The normalized spacial score (nSPS) is 13.1. The fourth-order valence-corrected chi connectivity index (χ4v) is 3.21. The molecule has 34 heavy (non-hydrogen) atoms. The number of aromatic nitrogens is 4. The molecule has 0 aliphatic heterocycles. The van der Waals surface area contributed by atoms with Crippen molar-refractivity contribution < 1.29 is 24.2 Å². The van der Waals surface area contributed by atoms with E-state index in [1.165, 1.54) is 11.6 Å². The van der Waals surface area contributed by atoms with Crippen molar-refractivity contribution in [3.63, 3.8) is 0 Å². The molecule has 0 aliphatic rings. The van der Waals surface area contributed by atoms with Crippen molar-refractivity contribution >= 4 is 12.1 Å². The van der Waals surface area contributed by atoms with Crippen LogP contribution in [0.2, 0.25) is 0 Å². The Bertz CT molecular complexity index is 1090. The highest BCUT2D eigenvalue weighted by atomic mass is 16.5. The number of nitrogens with zero attached hydrogens (tertiary/aromatic N) is 4. The van der Waals surface area contributed by atoms with Crippen molar-refractivity contribution in [1.82, 2.24) is 25.5 Å². The average molecular weight is 468 g/mol. The molecule has 0 spiro atoms. The highest BCUT2D eigenvalue weighted by Gasteiger charge is 2.27. The molecule has 0 radical (unpaired) electrons. The summed E-state index contributed by atoms with van der Waals surface area (Å²) in [6, 6.07) is 15.0. The van der Waals surface area contributed by atoms with Crippen molar-refractivity contribution in [2.45, 2.75) is 58.4 Å². The van der Waals surface area contributed by atoms with E-state index >= 15 is 0 Å². The standard InChI is InChI=1S/C24H29N5O5/c1-16(22(30)31)29-21(26-27-28-29)20(25-23(32)33-15-18-8-6-5-7-9-18)14-17-10-12-19(13-11-17)34-24(2,3)4/h5-13,16,20H,14-15H2,1-4H3,(H,25,32)(H,30,31)/t16?,20-/m0/s1. The molecule has 0 bridgehead atoms. The summed E-state index contributed by atoms with van der Waals surface area (Å²) in [6.45, 7) is 7.45. The molecule has 10 heteroatoms. The maximum atomic E-state index is 12.6. The van der Waals surface area contributed by atoms with Gasteiger partial charge in [0.25, 0.3) is 0 Å². The van der Waals surface area contributed by atoms with Crippen LogP contribution < -0.4 is 10.1 Å². The Balaban J connectivity index is 1.79. The number of carboxylic acids is 1. The van der Waals surface area contributed by atoms with Crippen LogP contribution >= 0.6 is 0 Å². The molecule has 1 amide bonds. The van der Waals surface area contributed by atoms with Crippen LogP contribution in [0.3, 0.4) is 0 Å². The maximum Gasteiger partial charge on any atom is 0.408 e. The molecule has 2 aromatic carbocycles. The van der Waals surface area contributed by atoms with Crippen LogP contribution in [0.15, 0.2) is 54.6 Å². The number of aliphatic carboxylic acids is 1. The molecular formula is C24H29N5O5. The quantitative estimate of drug-likeness (QED) is 0.487. The number of carbonyl (C=O) groups excluding carboxylic acids is 1. The van der Waals surface area contributed by atoms with E-state index in [0.717, 1.165) is 11.1 Å². The average Bonchev–Trinajstić information content (AvgIpc) is 3.27. The van der Waals surface area contributed by atoms with Gasteiger partial charge in [0.15, 0.2) is 11.9 Å². The van der Waals surface area contributed by atoms with Crippen LogP contribution in [-0.4, -0.2) is 43.0 Å². The Morgan fingerprint density at radius 3 is 2.35 bits per heavy atom. The first-order valence-corrected chi connectivity index (χ1v) is 10.9. The van der Waals surface area contributed by atoms with Crippen LogP contribution in [0.25, 0.3) is 0 Å². The van der Waals surface area contributed by atoms with Crippen LogP contribution in [0.1, 0.15) is 56.7 Å². The van der Waals surface area contributed by atoms with Crippen molar-refractivity contribution in [3.05, 3.63) is 71.5 Å². The van der Waals surface area contributed by atoms with Crippen molar-refractivity contribution in [2.75, 3.05) is 0 Å². The number of carbonyl (C=O) groups is 2. The number of amides is 1. The fourth-order valence-electron chi connectivity index (χ4n) is 3.21. The highest BCUT2D eigenvalue weighted by Crippen LogP contribution is 2.23. The number of carboxylic acid groups (broad SMARTS) is 1. The molecule has 2 atom stereocenters. The van der Waals surface area contributed by atoms with Gasteiger partial charge in [-0.2, -0.15) is 0 Å². The van der Waals surface area contributed by atoms with E-state index in [1.807, 2.05) is 75.4 Å². The smallest absolute Gasteiger partial charge is 0.408 e. The summed E-state index contributed by atoms with van der Waals surface area (Å²) < 4.78 is 12.4. The predicted molar refractivity (Wildman–Crippen MR) is 123 cm³/mol. The van der Waals surface area contributed by atoms with Crippen LogP contribution in [-0.2, 0) is 22.6 Å². The first-order valence-electron chi connectivity index (χ1n) is 10.9. The van der Waals surface area contributed by atoms with E-state index < -0.39 is 24.1 Å². The van der Waals surface area contributed by atoms with Gasteiger partial charge in [-0.15, -0.1) is 5.10 Å². The molecule has 0 saturated heterocycles. The lowest BCUT2D eigenvalue weighted by atomic mass is 10.0. The number of hydrogen-bond acceptors (Lipinski definition) is 7. The number of hydrogen-bond donors (Lipinski definition) is 2. The Morgan fingerprint density at radius 1 is 1.06 bits per heavy atom. The number of benzene rings is 2. The number of alkyl carbamates (subject to hydrolysis) is 1. The van der Waals surface area contributed by atoms with Crippen LogP contribution in [0, 0.1) is 0 Å². The molecule has 180 valence electrons. The Labute approximate surface area is 197 Å². The van der Waals surface area contributed by atoms with Crippen LogP contribution in [0.5, 0.6) is 5.75 Å². The zero-order valence-electron chi connectivity index (χ0n) is 19.6. The molecule has 3 rings (SSSR count). The van der Waals surface area contributed by atoms with E-state index in [2.05, 4.69) is 20.8 Å². The topological polar surface area (TPSA) is 128 Å². The molecular weight excluding hydrogens is 438 g/mol. The largest absolute Gasteiger partial charge is 0.488 e. The molecule has 0 fully saturated rings. The lowest BCUT2D eigenvalue weighted by Gasteiger charge is -2.22. The predicted octanol–water partition coefficient (Wildman–Crippen LogP) is 3.71. The fraction of sp³-hybridized carbons (Fsp3) is 0.375. The second kappa shape index (κ2) is 10.8. The van der Waals surface area contributed by atoms with Gasteiger partial charge in [0.1, 0.15) is 18.0 Å². The van der Waals surface area contributed by atoms with E-state index in [-0.39, 0.29) is 18.0 Å². The molecule has 1 unspecified atom stereocenters. The summed E-state index contributed by atoms with van der Waals surface area (Å²) in [6.07, 6.45) is -0.359. The second-order valence-corrected chi connectivity index (χ2v) is 8.82. The third-order valence-electron chi connectivity index (χ3n) is 4.85. The molecule has 10 nitrogen and oxygen atoms in total. The van der Waals surface area contributed by atoms with E-state index in [4.69, 9.17) is 9.47 Å². The van der Waals surface area contributed by atoms with Gasteiger partial charge in [0, 0.05) is 6.42 Å². The highest BCUT2D eigenvalue weighted by molar-refractivity contribution is 5.71. The first kappa shape index (κ1) is 24.7. The Kier molecular flexibility index (Phi) is 7.83. The Morgan fingerprint density at radius 2 is 1.74 bits per heavy atom.